The molecule has 222 valence electrons. The maximum Gasteiger partial charge on any atom is 0.319 e. The molecule has 3 amide bonds. The van der Waals surface area contributed by atoms with E-state index < -0.39 is 0 Å². The summed E-state index contributed by atoms with van der Waals surface area (Å²) in [6, 6.07) is 22.9. The zero-order valence-corrected chi connectivity index (χ0v) is 24.9. The Bertz CT molecular complexity index is 1360. The van der Waals surface area contributed by atoms with E-state index in [1.165, 1.54) is 12.8 Å². The molecule has 3 aromatic rings. The molecule has 7 heteroatoms. The number of nitrogens with zero attached hydrogens (tertiary/aromatic N) is 2. The van der Waals surface area contributed by atoms with Gasteiger partial charge in [0.15, 0.2) is 0 Å². The van der Waals surface area contributed by atoms with Crippen molar-refractivity contribution in [3.8, 4) is 11.1 Å². The molecule has 1 saturated carbocycles. The molecule has 3 aromatic carbocycles. The monoisotopic (exact) mass is 567 g/mol. The molecule has 1 aliphatic heterocycles. The van der Waals surface area contributed by atoms with E-state index in [4.69, 9.17) is 5.73 Å². The number of hydrogen-bond acceptors (Lipinski definition) is 4. The predicted molar refractivity (Wildman–Crippen MR) is 171 cm³/mol. The summed E-state index contributed by atoms with van der Waals surface area (Å²) in [4.78, 5) is 30.4. The summed E-state index contributed by atoms with van der Waals surface area (Å²) in [5, 5.41) is 6.09. The van der Waals surface area contributed by atoms with Crippen LogP contribution in [-0.4, -0.2) is 36.5 Å². The molecule has 0 radical (unpaired) electrons. The zero-order chi connectivity index (χ0) is 29.3. The SMILES string of the molecule is CCCNC(=O)Nc1cc(-c2cccc(CN(Cc3cccc(CN)c3)C(=O)C3CC3)c2)ccc1N1CCCCCC1. The highest BCUT2D eigenvalue weighted by Gasteiger charge is 2.33. The number of benzene rings is 3. The Morgan fingerprint density at radius 2 is 1.52 bits per heavy atom. The number of rotatable bonds is 11. The molecule has 0 spiro atoms. The highest BCUT2D eigenvalue weighted by molar-refractivity contribution is 5.94. The second-order valence-electron chi connectivity index (χ2n) is 11.7. The van der Waals surface area contributed by atoms with Crippen molar-refractivity contribution in [2.45, 2.75) is 71.5 Å². The second kappa shape index (κ2) is 14.4. The topological polar surface area (TPSA) is 90.7 Å². The van der Waals surface area contributed by atoms with Gasteiger partial charge in [-0.1, -0.05) is 68.3 Å². The van der Waals surface area contributed by atoms with Gasteiger partial charge in [-0.25, -0.2) is 4.79 Å². The smallest absolute Gasteiger partial charge is 0.319 e. The van der Waals surface area contributed by atoms with E-state index in [1.807, 2.05) is 24.0 Å². The number of carbonyl (C=O) groups is 2. The van der Waals surface area contributed by atoms with Gasteiger partial charge in [-0.2, -0.15) is 0 Å². The van der Waals surface area contributed by atoms with Crippen LogP contribution in [-0.2, 0) is 24.4 Å². The minimum absolute atomic E-state index is 0.143. The molecule has 2 aliphatic rings. The van der Waals surface area contributed by atoms with Gasteiger partial charge in [-0.05, 0) is 78.1 Å². The van der Waals surface area contributed by atoms with E-state index in [-0.39, 0.29) is 17.9 Å². The minimum atomic E-state index is -0.174. The number of amides is 3. The number of anilines is 2. The standard InChI is InChI=1S/C35H45N5O2/c1-2-17-37-35(42)38-32-22-31(15-16-33(32)39-18-5-3-4-6-19-39)30-12-8-11-28(21-30)25-40(34(41)29-13-14-29)24-27-10-7-9-26(20-27)23-36/h7-12,15-16,20-22,29H,2-6,13-14,17-19,23-25,36H2,1H3,(H2,37,38,42). The third-order valence-electron chi connectivity index (χ3n) is 8.20. The number of carbonyl (C=O) groups excluding carboxylic acids is 2. The van der Waals surface area contributed by atoms with Crippen molar-refractivity contribution in [2.24, 2.45) is 11.7 Å². The lowest BCUT2D eigenvalue weighted by Crippen LogP contribution is -2.31. The summed E-state index contributed by atoms with van der Waals surface area (Å²) in [6.07, 6.45) is 7.67. The fourth-order valence-corrected chi connectivity index (χ4v) is 5.75. The first-order chi connectivity index (χ1) is 20.5. The van der Waals surface area contributed by atoms with Gasteiger partial charge in [-0.15, -0.1) is 0 Å². The zero-order valence-electron chi connectivity index (χ0n) is 24.9. The molecule has 1 aliphatic carbocycles. The van der Waals surface area contributed by atoms with Gasteiger partial charge in [0, 0.05) is 45.2 Å². The molecule has 2 fully saturated rings. The summed E-state index contributed by atoms with van der Waals surface area (Å²) >= 11 is 0. The summed E-state index contributed by atoms with van der Waals surface area (Å²) in [6.45, 7) is 6.29. The average Bonchev–Trinajstić information content (AvgIpc) is 3.88. The highest BCUT2D eigenvalue weighted by atomic mass is 16.2. The Balaban J connectivity index is 1.40. The first-order valence-corrected chi connectivity index (χ1v) is 15.6. The lowest BCUT2D eigenvalue weighted by Gasteiger charge is -2.26. The van der Waals surface area contributed by atoms with Crippen molar-refractivity contribution in [1.29, 1.82) is 0 Å². The fraction of sp³-hybridized carbons (Fsp3) is 0.429. The van der Waals surface area contributed by atoms with Crippen molar-refractivity contribution in [3.05, 3.63) is 83.4 Å². The summed E-state index contributed by atoms with van der Waals surface area (Å²) < 4.78 is 0. The highest BCUT2D eigenvalue weighted by Crippen LogP contribution is 2.35. The van der Waals surface area contributed by atoms with Crippen LogP contribution in [0.3, 0.4) is 0 Å². The van der Waals surface area contributed by atoms with Gasteiger partial charge in [0.2, 0.25) is 5.91 Å². The Morgan fingerprint density at radius 3 is 2.21 bits per heavy atom. The Hall–Kier alpha value is -3.84. The Labute approximate surface area is 250 Å². The van der Waals surface area contributed by atoms with Gasteiger partial charge in [-0.3, -0.25) is 4.79 Å². The van der Waals surface area contributed by atoms with Crippen LogP contribution in [0.5, 0.6) is 0 Å². The van der Waals surface area contributed by atoms with E-state index in [1.54, 1.807) is 0 Å². The summed E-state index contributed by atoms with van der Waals surface area (Å²) in [5.74, 6) is 0.370. The molecule has 0 bridgehead atoms. The number of nitrogens with one attached hydrogen (secondary N) is 2. The molecule has 0 atom stereocenters. The Kier molecular flexibility index (Phi) is 10.1. The molecule has 42 heavy (non-hydrogen) atoms. The van der Waals surface area contributed by atoms with Crippen LogP contribution >= 0.6 is 0 Å². The predicted octanol–water partition coefficient (Wildman–Crippen LogP) is 6.66. The molecule has 0 unspecified atom stereocenters. The van der Waals surface area contributed by atoms with Gasteiger partial charge < -0.3 is 26.2 Å². The van der Waals surface area contributed by atoms with Crippen LogP contribution in [0.15, 0.2) is 66.7 Å². The third-order valence-corrected chi connectivity index (χ3v) is 8.20. The van der Waals surface area contributed by atoms with Crippen molar-refractivity contribution >= 4 is 23.3 Å². The second-order valence-corrected chi connectivity index (χ2v) is 11.7. The lowest BCUT2D eigenvalue weighted by atomic mass is 10.0. The first kappa shape index (κ1) is 29.6. The molecule has 4 N–H and O–H groups in total. The number of urea groups is 1. The van der Waals surface area contributed by atoms with Gasteiger partial charge in [0.25, 0.3) is 0 Å². The molecule has 0 aromatic heterocycles. The normalized spacial score (nSPS) is 15.1. The van der Waals surface area contributed by atoms with Crippen molar-refractivity contribution in [2.75, 3.05) is 29.9 Å². The first-order valence-electron chi connectivity index (χ1n) is 15.6. The van der Waals surface area contributed by atoms with E-state index in [9.17, 15) is 9.59 Å². The largest absolute Gasteiger partial charge is 0.370 e. The maximum absolute atomic E-state index is 13.3. The summed E-state index contributed by atoms with van der Waals surface area (Å²) in [7, 11) is 0. The van der Waals surface area contributed by atoms with Crippen LogP contribution < -0.4 is 21.3 Å². The van der Waals surface area contributed by atoms with Crippen LogP contribution in [0.25, 0.3) is 11.1 Å². The maximum atomic E-state index is 13.3. The van der Waals surface area contributed by atoms with Crippen LogP contribution in [0.1, 0.15) is 68.6 Å². The molecular weight excluding hydrogens is 522 g/mol. The van der Waals surface area contributed by atoms with Gasteiger partial charge >= 0.3 is 6.03 Å². The lowest BCUT2D eigenvalue weighted by molar-refractivity contribution is -0.133. The molecule has 5 rings (SSSR count). The van der Waals surface area contributed by atoms with Crippen molar-refractivity contribution < 1.29 is 9.59 Å². The van der Waals surface area contributed by atoms with E-state index >= 15 is 0 Å². The van der Waals surface area contributed by atoms with Crippen molar-refractivity contribution in [3.63, 3.8) is 0 Å². The number of hydrogen-bond donors (Lipinski definition) is 3. The molecule has 1 heterocycles. The third kappa shape index (κ3) is 7.91. The molecule has 1 saturated heterocycles. The van der Waals surface area contributed by atoms with E-state index in [2.05, 4.69) is 70.1 Å². The molecule has 7 nitrogen and oxygen atoms in total. The number of nitrogens with two attached hydrogens (primary N) is 1. The van der Waals surface area contributed by atoms with Crippen molar-refractivity contribution in [1.82, 2.24) is 10.2 Å². The van der Waals surface area contributed by atoms with Crippen LogP contribution in [0, 0.1) is 5.92 Å². The average molecular weight is 568 g/mol. The van der Waals surface area contributed by atoms with Gasteiger partial charge in [0.1, 0.15) is 0 Å². The van der Waals surface area contributed by atoms with Crippen LogP contribution in [0.4, 0.5) is 16.2 Å². The summed E-state index contributed by atoms with van der Waals surface area (Å²) in [5.41, 5.74) is 13.1. The van der Waals surface area contributed by atoms with Gasteiger partial charge in [0.05, 0.1) is 11.4 Å². The van der Waals surface area contributed by atoms with E-state index in [0.717, 1.165) is 84.4 Å². The van der Waals surface area contributed by atoms with Crippen LogP contribution in [0.2, 0.25) is 0 Å². The quantitative estimate of drug-likeness (QED) is 0.242. The van der Waals surface area contributed by atoms with E-state index in [0.29, 0.717) is 26.2 Å². The fourth-order valence-electron chi connectivity index (χ4n) is 5.75. The minimum Gasteiger partial charge on any atom is -0.370 e. The molecular formula is C35H45N5O2. The Morgan fingerprint density at radius 1 is 0.857 bits per heavy atom.